The molecule has 5 rings (SSSR count). The van der Waals surface area contributed by atoms with Crippen LogP contribution in [0.4, 0.5) is 5.69 Å². The molecule has 2 aliphatic rings. The Morgan fingerprint density at radius 1 is 1.00 bits per heavy atom. The Hall–Kier alpha value is -3.84. The molecule has 7 nitrogen and oxygen atoms in total. The van der Waals surface area contributed by atoms with Crippen LogP contribution in [0.1, 0.15) is 5.56 Å². The number of aliphatic imine (C=N–C) groups is 2. The van der Waals surface area contributed by atoms with Crippen molar-refractivity contribution in [1.29, 1.82) is 0 Å². The predicted molar refractivity (Wildman–Crippen MR) is 131 cm³/mol. The molecule has 3 aromatic rings. The molecule has 0 unspecified atom stereocenters. The first-order valence-electron chi connectivity index (χ1n) is 10.7. The van der Waals surface area contributed by atoms with Crippen LogP contribution >= 0.6 is 11.6 Å². The third-order valence-electron chi connectivity index (χ3n) is 5.65. The molecule has 0 amide bonds. The molecule has 1 fully saturated rings. The number of halogens is 1. The van der Waals surface area contributed by atoms with Crippen molar-refractivity contribution in [3.8, 4) is 0 Å². The van der Waals surface area contributed by atoms with E-state index in [1.54, 1.807) is 18.3 Å². The molecule has 0 aromatic heterocycles. The van der Waals surface area contributed by atoms with E-state index in [9.17, 15) is 4.79 Å². The van der Waals surface area contributed by atoms with Crippen molar-refractivity contribution in [2.24, 2.45) is 15.7 Å². The van der Waals surface area contributed by atoms with E-state index >= 15 is 0 Å². The van der Waals surface area contributed by atoms with Crippen molar-refractivity contribution >= 4 is 45.9 Å². The third kappa shape index (κ3) is 4.54. The normalized spacial score (nSPS) is 18.1. The summed E-state index contributed by atoms with van der Waals surface area (Å²) < 4.78 is 5.50. The van der Waals surface area contributed by atoms with Gasteiger partial charge in [0.25, 0.3) is 0 Å². The topological polar surface area (TPSA) is 83.5 Å². The summed E-state index contributed by atoms with van der Waals surface area (Å²) in [6.45, 7) is 2.74. The highest BCUT2D eigenvalue weighted by atomic mass is 35.5. The Labute approximate surface area is 196 Å². The van der Waals surface area contributed by atoms with Crippen molar-refractivity contribution in [3.63, 3.8) is 0 Å². The van der Waals surface area contributed by atoms with Gasteiger partial charge in [0.1, 0.15) is 0 Å². The van der Waals surface area contributed by atoms with E-state index in [1.807, 2.05) is 59.5 Å². The zero-order chi connectivity index (χ0) is 22.8. The van der Waals surface area contributed by atoms with Crippen LogP contribution in [0, 0.1) is 0 Å². The van der Waals surface area contributed by atoms with E-state index in [0.717, 1.165) is 22.0 Å². The molecule has 33 heavy (non-hydrogen) atoms. The average molecular weight is 460 g/mol. The predicted octanol–water partition coefficient (Wildman–Crippen LogP) is 3.90. The van der Waals surface area contributed by atoms with E-state index in [-0.39, 0.29) is 0 Å². The second kappa shape index (κ2) is 8.96. The van der Waals surface area contributed by atoms with Crippen molar-refractivity contribution in [3.05, 3.63) is 89.2 Å². The molecule has 0 saturated carbocycles. The molecule has 3 aromatic carbocycles. The molecule has 2 N–H and O–H groups in total. The van der Waals surface area contributed by atoms with Gasteiger partial charge in [0.2, 0.25) is 5.90 Å². The number of hydrogen-bond donors (Lipinski definition) is 1. The van der Waals surface area contributed by atoms with Crippen LogP contribution in [-0.4, -0.2) is 53.8 Å². The number of rotatable bonds is 3. The molecule has 2 aliphatic heterocycles. The molecular formula is C25H22ClN5O2. The first-order chi connectivity index (χ1) is 16.1. The Balaban J connectivity index is 1.28. The molecule has 0 radical (unpaired) electrons. The number of cyclic esters (lactones) is 1. The lowest BCUT2D eigenvalue weighted by molar-refractivity contribution is -0.130. The zero-order valence-corrected chi connectivity index (χ0v) is 18.6. The maximum atomic E-state index is 12.5. The summed E-state index contributed by atoms with van der Waals surface area (Å²) in [7, 11) is 0. The highest BCUT2D eigenvalue weighted by Crippen LogP contribution is 2.24. The largest absolute Gasteiger partial charge is 0.402 e. The van der Waals surface area contributed by atoms with Crippen LogP contribution in [-0.2, 0) is 9.53 Å². The number of nitrogens with zero attached hydrogens (tertiary/aromatic N) is 4. The lowest BCUT2D eigenvalue weighted by Gasteiger charge is -2.34. The smallest absolute Gasteiger partial charge is 0.365 e. The molecule has 0 aliphatic carbocycles. The monoisotopic (exact) mass is 459 g/mol. The molecule has 1 saturated heterocycles. The third-order valence-corrected chi connectivity index (χ3v) is 5.91. The second-order valence-electron chi connectivity index (χ2n) is 7.82. The van der Waals surface area contributed by atoms with Crippen molar-refractivity contribution in [2.45, 2.75) is 0 Å². The number of carbonyl (C=O) groups is 1. The fraction of sp³-hybridized carbons (Fsp3) is 0.160. The van der Waals surface area contributed by atoms with Crippen LogP contribution in [0.5, 0.6) is 0 Å². The molecule has 166 valence electrons. The molecule has 0 spiro atoms. The molecule has 8 heteroatoms. The number of benzene rings is 3. The Kier molecular flexibility index (Phi) is 5.71. The Bertz CT molecular complexity index is 1290. The number of nitrogens with two attached hydrogens (primary N) is 1. The van der Waals surface area contributed by atoms with Crippen LogP contribution < -0.4 is 5.73 Å². The highest BCUT2D eigenvalue weighted by Gasteiger charge is 2.27. The van der Waals surface area contributed by atoms with E-state index in [2.05, 4.69) is 14.9 Å². The van der Waals surface area contributed by atoms with E-state index in [4.69, 9.17) is 22.1 Å². The van der Waals surface area contributed by atoms with E-state index in [0.29, 0.717) is 48.8 Å². The van der Waals surface area contributed by atoms with Gasteiger partial charge in [0.15, 0.2) is 11.7 Å². The van der Waals surface area contributed by atoms with Gasteiger partial charge in [0, 0.05) is 43.0 Å². The Morgan fingerprint density at radius 2 is 1.73 bits per heavy atom. The maximum absolute atomic E-state index is 12.5. The molecule has 0 bridgehead atoms. The molecular weight excluding hydrogens is 438 g/mol. The fourth-order valence-corrected chi connectivity index (χ4v) is 4.02. The second-order valence-corrected chi connectivity index (χ2v) is 8.25. The minimum atomic E-state index is -0.441. The van der Waals surface area contributed by atoms with Gasteiger partial charge in [-0.05, 0) is 41.1 Å². The van der Waals surface area contributed by atoms with E-state index < -0.39 is 5.97 Å². The lowest BCUT2D eigenvalue weighted by atomic mass is 10.0. The zero-order valence-electron chi connectivity index (χ0n) is 17.8. The summed E-state index contributed by atoms with van der Waals surface area (Å²) in [5.74, 6) is 0.353. The van der Waals surface area contributed by atoms with Crippen LogP contribution in [0.25, 0.3) is 10.8 Å². The minimum Gasteiger partial charge on any atom is -0.402 e. The van der Waals surface area contributed by atoms with Gasteiger partial charge in [-0.3, -0.25) is 0 Å². The number of fused-ring (bicyclic) bond motifs is 1. The Morgan fingerprint density at radius 3 is 2.52 bits per heavy atom. The highest BCUT2D eigenvalue weighted by molar-refractivity contribution is 6.30. The first-order valence-corrected chi connectivity index (χ1v) is 11.0. The maximum Gasteiger partial charge on any atom is 0.365 e. The summed E-state index contributed by atoms with van der Waals surface area (Å²) in [4.78, 5) is 25.5. The van der Waals surface area contributed by atoms with Crippen LogP contribution in [0.3, 0.4) is 0 Å². The van der Waals surface area contributed by atoms with Gasteiger partial charge in [-0.15, -0.1) is 0 Å². The number of ether oxygens (including phenoxy) is 1. The number of carbonyl (C=O) groups excluding carboxylic acids is 1. The fourth-order valence-electron chi connectivity index (χ4n) is 3.90. The number of esters is 1. The summed E-state index contributed by atoms with van der Waals surface area (Å²) in [6, 6.07) is 21.1. The number of piperazine rings is 1. The summed E-state index contributed by atoms with van der Waals surface area (Å²) >= 11 is 5.92. The quantitative estimate of drug-likeness (QED) is 0.278. The van der Waals surface area contributed by atoms with Gasteiger partial charge in [-0.2, -0.15) is 0 Å². The molecule has 2 heterocycles. The minimum absolute atomic E-state index is 0.300. The number of guanidine groups is 1. The summed E-state index contributed by atoms with van der Waals surface area (Å²) in [6.07, 6.45) is 1.77. The standard InChI is InChI=1S/C25H22ClN5O2/c26-18-8-10-19(11-9-18)28-25(27)31-14-12-30(13-15-31)16-22-24(32)33-23(29-22)21-7-3-5-17-4-1-2-6-20(17)21/h1-11,16H,12-15H2,(H2,27,28)/b22-16+. The van der Waals surface area contributed by atoms with Crippen LogP contribution in [0.2, 0.25) is 5.02 Å². The van der Waals surface area contributed by atoms with Crippen molar-refractivity contribution in [1.82, 2.24) is 9.80 Å². The van der Waals surface area contributed by atoms with E-state index in [1.165, 1.54) is 0 Å². The van der Waals surface area contributed by atoms with Gasteiger partial charge in [-0.1, -0.05) is 48.0 Å². The average Bonchev–Trinajstić information content (AvgIpc) is 3.20. The lowest BCUT2D eigenvalue weighted by Crippen LogP contribution is -2.49. The summed E-state index contributed by atoms with van der Waals surface area (Å²) in [5.41, 5.74) is 8.05. The SMILES string of the molecule is NC(=Nc1ccc(Cl)cc1)N1CCN(/C=C2/N=C(c3cccc4ccccc34)OC2=O)CC1. The van der Waals surface area contributed by atoms with Gasteiger partial charge < -0.3 is 20.3 Å². The molecule has 0 atom stereocenters. The van der Waals surface area contributed by atoms with Gasteiger partial charge in [-0.25, -0.2) is 14.8 Å². The summed E-state index contributed by atoms with van der Waals surface area (Å²) in [5, 5.41) is 2.72. The van der Waals surface area contributed by atoms with Crippen molar-refractivity contribution < 1.29 is 9.53 Å². The first kappa shape index (κ1) is 21.0. The van der Waals surface area contributed by atoms with Crippen molar-refractivity contribution in [2.75, 3.05) is 26.2 Å². The number of hydrogen-bond acceptors (Lipinski definition) is 5. The van der Waals surface area contributed by atoms with Gasteiger partial charge >= 0.3 is 5.97 Å². The van der Waals surface area contributed by atoms with Crippen LogP contribution in [0.15, 0.2) is 88.6 Å². The van der Waals surface area contributed by atoms with Gasteiger partial charge in [0.05, 0.1) is 5.69 Å².